The quantitative estimate of drug-likeness (QED) is 0.402. The number of nitrogens with one attached hydrogen (secondary N) is 1. The third kappa shape index (κ3) is 6.00. The number of para-hydroxylation sites is 1. The number of carbonyl (C=O) groups excluding carboxylic acids is 1. The minimum atomic E-state index is -0.445. The van der Waals surface area contributed by atoms with E-state index >= 15 is 0 Å². The number of hydrogen-bond donors (Lipinski definition) is 1. The van der Waals surface area contributed by atoms with E-state index in [9.17, 15) is 14.9 Å². The minimum Gasteiger partial charge on any atom is -0.493 e. The number of thioether (sulfide) groups is 1. The minimum absolute atomic E-state index is 0.0452. The van der Waals surface area contributed by atoms with E-state index < -0.39 is 4.92 Å². The van der Waals surface area contributed by atoms with E-state index in [4.69, 9.17) is 9.47 Å². The standard InChI is InChI=1S/C18H19N3O5S/c1-25-16-5-3-4-14(18(16)26-2)10-19-20-17(22)12-27-11-13-6-8-15(9-7-13)21(23)24/h3-10H,11-12H2,1-2H3,(H,20,22)/b19-10-. The van der Waals surface area contributed by atoms with Crippen LogP contribution in [0.2, 0.25) is 0 Å². The fourth-order valence-corrected chi connectivity index (χ4v) is 2.98. The monoisotopic (exact) mass is 389 g/mol. The second-order valence-electron chi connectivity index (χ2n) is 5.29. The van der Waals surface area contributed by atoms with Crippen LogP contribution in [0.1, 0.15) is 11.1 Å². The number of non-ortho nitro benzene ring substituents is 1. The largest absolute Gasteiger partial charge is 0.493 e. The summed E-state index contributed by atoms with van der Waals surface area (Å²) in [5.41, 5.74) is 4.08. The Morgan fingerprint density at radius 1 is 1.22 bits per heavy atom. The van der Waals surface area contributed by atoms with Gasteiger partial charge in [-0.25, -0.2) is 5.43 Å². The van der Waals surface area contributed by atoms with Crippen molar-refractivity contribution in [3.8, 4) is 11.5 Å². The topological polar surface area (TPSA) is 103 Å². The Kier molecular flexibility index (Phi) is 7.63. The summed E-state index contributed by atoms with van der Waals surface area (Å²) in [6.07, 6.45) is 1.49. The first-order valence-electron chi connectivity index (χ1n) is 7.89. The highest BCUT2D eigenvalue weighted by molar-refractivity contribution is 7.99. The van der Waals surface area contributed by atoms with E-state index in [2.05, 4.69) is 10.5 Å². The van der Waals surface area contributed by atoms with Crippen LogP contribution in [0.15, 0.2) is 47.6 Å². The molecule has 0 heterocycles. The van der Waals surface area contributed by atoms with Crippen molar-refractivity contribution in [2.45, 2.75) is 5.75 Å². The van der Waals surface area contributed by atoms with E-state index in [0.29, 0.717) is 22.8 Å². The number of rotatable bonds is 9. The van der Waals surface area contributed by atoms with Gasteiger partial charge in [0.1, 0.15) is 0 Å². The van der Waals surface area contributed by atoms with Gasteiger partial charge < -0.3 is 9.47 Å². The van der Waals surface area contributed by atoms with Gasteiger partial charge in [0.15, 0.2) is 11.5 Å². The molecule has 2 rings (SSSR count). The molecule has 0 atom stereocenters. The molecule has 0 aliphatic heterocycles. The number of hydrogen-bond acceptors (Lipinski definition) is 7. The molecular weight excluding hydrogens is 370 g/mol. The molecule has 9 heteroatoms. The predicted molar refractivity (Wildman–Crippen MR) is 105 cm³/mol. The van der Waals surface area contributed by atoms with Gasteiger partial charge in [-0.3, -0.25) is 14.9 Å². The second-order valence-corrected chi connectivity index (χ2v) is 6.28. The summed E-state index contributed by atoms with van der Waals surface area (Å²) in [7, 11) is 3.07. The van der Waals surface area contributed by atoms with Crippen LogP contribution in [0.25, 0.3) is 0 Å². The van der Waals surface area contributed by atoms with Gasteiger partial charge in [-0.1, -0.05) is 18.2 Å². The van der Waals surface area contributed by atoms with Crippen LogP contribution in [-0.2, 0) is 10.5 Å². The van der Waals surface area contributed by atoms with Gasteiger partial charge in [0.2, 0.25) is 5.91 Å². The van der Waals surface area contributed by atoms with Crippen molar-refractivity contribution in [3.05, 3.63) is 63.7 Å². The first kappa shape index (κ1) is 20.2. The number of benzene rings is 2. The fourth-order valence-electron chi connectivity index (χ4n) is 2.20. The first-order valence-corrected chi connectivity index (χ1v) is 9.04. The van der Waals surface area contributed by atoms with E-state index in [1.165, 1.54) is 37.2 Å². The molecule has 0 radical (unpaired) electrons. The molecule has 0 unspecified atom stereocenters. The van der Waals surface area contributed by atoms with Gasteiger partial charge in [-0.2, -0.15) is 5.10 Å². The molecular formula is C18H19N3O5S. The molecule has 0 saturated carbocycles. The van der Waals surface area contributed by atoms with E-state index in [1.54, 1.807) is 37.4 Å². The molecule has 2 aromatic rings. The third-order valence-corrected chi connectivity index (χ3v) is 4.48. The molecule has 2 aromatic carbocycles. The van der Waals surface area contributed by atoms with Gasteiger partial charge >= 0.3 is 0 Å². The van der Waals surface area contributed by atoms with Crippen LogP contribution < -0.4 is 14.9 Å². The van der Waals surface area contributed by atoms with E-state index in [-0.39, 0.29) is 17.3 Å². The molecule has 0 bridgehead atoms. The molecule has 0 aromatic heterocycles. The number of carbonyl (C=O) groups is 1. The van der Waals surface area contributed by atoms with E-state index in [0.717, 1.165) is 5.56 Å². The average Bonchev–Trinajstić information content (AvgIpc) is 2.68. The highest BCUT2D eigenvalue weighted by atomic mass is 32.2. The molecule has 0 saturated heterocycles. The number of nitro groups is 1. The Balaban J connectivity index is 1.81. The van der Waals surface area contributed by atoms with Gasteiger partial charge in [0.25, 0.3) is 5.69 Å². The van der Waals surface area contributed by atoms with Crippen molar-refractivity contribution in [3.63, 3.8) is 0 Å². The lowest BCUT2D eigenvalue weighted by Crippen LogP contribution is -2.19. The number of amides is 1. The normalized spacial score (nSPS) is 10.6. The van der Waals surface area contributed by atoms with Crippen molar-refractivity contribution < 1.29 is 19.2 Å². The number of nitrogens with zero attached hydrogens (tertiary/aromatic N) is 2. The number of nitro benzene ring substituents is 1. The molecule has 0 spiro atoms. The molecule has 1 amide bonds. The SMILES string of the molecule is COc1cccc(/C=N\NC(=O)CSCc2ccc([N+](=O)[O-])cc2)c1OC. The van der Waals surface area contributed by atoms with Crippen molar-refractivity contribution in [2.24, 2.45) is 5.10 Å². The lowest BCUT2D eigenvalue weighted by Gasteiger charge is -2.09. The van der Waals surface area contributed by atoms with Crippen LogP contribution in [0, 0.1) is 10.1 Å². The average molecular weight is 389 g/mol. The van der Waals surface area contributed by atoms with Crippen LogP contribution in [0.4, 0.5) is 5.69 Å². The summed E-state index contributed by atoms with van der Waals surface area (Å²) in [4.78, 5) is 22.0. The van der Waals surface area contributed by atoms with Crippen LogP contribution in [0.3, 0.4) is 0 Å². The summed E-state index contributed by atoms with van der Waals surface area (Å²) < 4.78 is 10.5. The Bertz CT molecular complexity index is 824. The first-order chi connectivity index (χ1) is 13.0. The van der Waals surface area contributed by atoms with Crippen LogP contribution >= 0.6 is 11.8 Å². The molecule has 0 aliphatic rings. The summed E-state index contributed by atoms with van der Waals surface area (Å²) >= 11 is 1.39. The predicted octanol–water partition coefficient (Wildman–Crippen LogP) is 3.00. The molecule has 0 aliphatic carbocycles. The maximum absolute atomic E-state index is 11.9. The van der Waals surface area contributed by atoms with E-state index in [1.807, 2.05) is 0 Å². The molecule has 142 valence electrons. The summed E-state index contributed by atoms with van der Waals surface area (Å²) in [6.45, 7) is 0. The summed E-state index contributed by atoms with van der Waals surface area (Å²) in [6, 6.07) is 11.6. The summed E-state index contributed by atoms with van der Waals surface area (Å²) in [5.74, 6) is 1.64. The van der Waals surface area contributed by atoms with Crippen molar-refractivity contribution >= 4 is 29.6 Å². The smallest absolute Gasteiger partial charge is 0.269 e. The van der Waals surface area contributed by atoms with Gasteiger partial charge in [0, 0.05) is 23.4 Å². The summed E-state index contributed by atoms with van der Waals surface area (Å²) in [5, 5.41) is 14.5. The van der Waals surface area contributed by atoms with Crippen molar-refractivity contribution in [1.29, 1.82) is 0 Å². The fraction of sp³-hybridized carbons (Fsp3) is 0.222. The number of hydrazone groups is 1. The lowest BCUT2D eigenvalue weighted by molar-refractivity contribution is -0.384. The molecule has 1 N–H and O–H groups in total. The maximum atomic E-state index is 11.9. The number of methoxy groups -OCH3 is 2. The van der Waals surface area contributed by atoms with Gasteiger partial charge in [-0.15, -0.1) is 11.8 Å². The van der Waals surface area contributed by atoms with Crippen molar-refractivity contribution in [2.75, 3.05) is 20.0 Å². The highest BCUT2D eigenvalue weighted by Gasteiger charge is 2.08. The van der Waals surface area contributed by atoms with Gasteiger partial charge in [-0.05, 0) is 17.7 Å². The van der Waals surface area contributed by atoms with Crippen molar-refractivity contribution in [1.82, 2.24) is 5.43 Å². The number of ether oxygens (including phenoxy) is 2. The molecule has 0 fully saturated rings. The zero-order chi connectivity index (χ0) is 19.6. The Hall–Kier alpha value is -3.07. The highest BCUT2D eigenvalue weighted by Crippen LogP contribution is 2.29. The Labute approximate surface area is 160 Å². The molecule has 8 nitrogen and oxygen atoms in total. The van der Waals surface area contributed by atoms with Crippen LogP contribution in [-0.4, -0.2) is 37.0 Å². The van der Waals surface area contributed by atoms with Crippen LogP contribution in [0.5, 0.6) is 11.5 Å². The molecule has 27 heavy (non-hydrogen) atoms. The lowest BCUT2D eigenvalue weighted by atomic mass is 10.2. The van der Waals surface area contributed by atoms with Gasteiger partial charge in [0.05, 0.1) is 31.1 Å². The maximum Gasteiger partial charge on any atom is 0.269 e. The second kappa shape index (κ2) is 10.2. The Morgan fingerprint density at radius 3 is 2.59 bits per heavy atom. The zero-order valence-corrected chi connectivity index (χ0v) is 15.7. The zero-order valence-electron chi connectivity index (χ0n) is 14.9. The third-order valence-electron chi connectivity index (χ3n) is 3.48. The Morgan fingerprint density at radius 2 is 1.96 bits per heavy atom.